The molecule has 0 atom stereocenters. The highest BCUT2D eigenvalue weighted by atomic mass is 16.5. The Labute approximate surface area is 114 Å². The van der Waals surface area contributed by atoms with Crippen molar-refractivity contribution in [3.8, 4) is 0 Å². The maximum absolute atomic E-state index is 11.7. The first kappa shape index (κ1) is 12.1. The number of hydrogen-bond acceptors (Lipinski definition) is 4. The van der Waals surface area contributed by atoms with Gasteiger partial charge in [0, 0.05) is 11.6 Å². The molecule has 0 radical (unpaired) electrons. The molecular weight excluding hydrogens is 258 g/mol. The van der Waals surface area contributed by atoms with E-state index in [1.54, 1.807) is 42.5 Å². The lowest BCUT2D eigenvalue weighted by molar-refractivity contribution is 0.0686. The highest BCUT2D eigenvalue weighted by Crippen LogP contribution is 2.30. The minimum Gasteiger partial charge on any atom is -0.477 e. The number of pyridine rings is 1. The molecule has 0 spiro atoms. The van der Waals surface area contributed by atoms with E-state index in [1.165, 1.54) is 6.07 Å². The Morgan fingerprint density at radius 2 is 1.85 bits per heavy atom. The average Bonchev–Trinajstić information content (AvgIpc) is 2.76. The summed E-state index contributed by atoms with van der Waals surface area (Å²) in [7, 11) is 0. The van der Waals surface area contributed by atoms with E-state index in [0.29, 0.717) is 22.6 Å². The van der Waals surface area contributed by atoms with Crippen LogP contribution in [-0.4, -0.2) is 22.0 Å². The van der Waals surface area contributed by atoms with Crippen molar-refractivity contribution in [2.24, 2.45) is 0 Å². The van der Waals surface area contributed by atoms with Crippen LogP contribution in [0.5, 0.6) is 0 Å². The van der Waals surface area contributed by atoms with Crippen LogP contribution in [-0.2, 0) is 4.74 Å². The molecule has 1 aliphatic heterocycles. The summed E-state index contributed by atoms with van der Waals surface area (Å²) in [6, 6.07) is 11.6. The van der Waals surface area contributed by atoms with Gasteiger partial charge in [-0.2, -0.15) is 0 Å². The fraction of sp³-hybridized carbons (Fsp3) is 0. The van der Waals surface area contributed by atoms with Gasteiger partial charge in [0.2, 0.25) is 0 Å². The van der Waals surface area contributed by atoms with Gasteiger partial charge in [-0.25, -0.2) is 14.6 Å². The van der Waals surface area contributed by atoms with Gasteiger partial charge >= 0.3 is 11.9 Å². The molecule has 1 aromatic heterocycles. The largest absolute Gasteiger partial charge is 0.477 e. The lowest BCUT2D eigenvalue weighted by Gasteiger charge is -1.99. The van der Waals surface area contributed by atoms with E-state index in [-0.39, 0.29) is 5.69 Å². The number of carbonyl (C=O) groups excluding carboxylic acids is 1. The van der Waals surface area contributed by atoms with Gasteiger partial charge in [-0.3, -0.25) is 0 Å². The van der Waals surface area contributed by atoms with Crippen LogP contribution in [0.15, 0.2) is 42.5 Å². The maximum atomic E-state index is 11.7. The molecule has 1 aromatic carbocycles. The van der Waals surface area contributed by atoms with Gasteiger partial charge in [0.25, 0.3) is 0 Å². The first-order chi connectivity index (χ1) is 9.65. The van der Waals surface area contributed by atoms with Crippen LogP contribution in [0.4, 0.5) is 0 Å². The number of carbonyl (C=O) groups is 2. The van der Waals surface area contributed by atoms with Gasteiger partial charge in [0.15, 0.2) is 0 Å². The highest BCUT2D eigenvalue weighted by Gasteiger charge is 2.25. The number of benzene rings is 1. The molecule has 5 nitrogen and oxygen atoms in total. The maximum Gasteiger partial charge on any atom is 0.354 e. The SMILES string of the molecule is O=C(O)c1cccc(/C=C2\OC(=O)c3ccccc32)n1. The van der Waals surface area contributed by atoms with E-state index < -0.39 is 11.9 Å². The zero-order valence-corrected chi connectivity index (χ0v) is 10.2. The Morgan fingerprint density at radius 3 is 2.60 bits per heavy atom. The van der Waals surface area contributed by atoms with E-state index in [1.807, 2.05) is 0 Å². The minimum absolute atomic E-state index is 0.0584. The Hall–Kier alpha value is -2.95. The topological polar surface area (TPSA) is 76.5 Å². The monoisotopic (exact) mass is 267 g/mol. The number of esters is 1. The first-order valence-electron chi connectivity index (χ1n) is 5.89. The van der Waals surface area contributed by atoms with Crippen molar-refractivity contribution in [2.75, 3.05) is 0 Å². The molecule has 0 saturated heterocycles. The van der Waals surface area contributed by atoms with Gasteiger partial charge in [-0.1, -0.05) is 24.3 Å². The Bertz CT molecular complexity index is 749. The number of cyclic esters (lactones) is 1. The standard InChI is InChI=1S/C15H9NO4/c17-14(18)12-7-3-4-9(16-12)8-13-10-5-1-2-6-11(10)15(19)20-13/h1-8H,(H,17,18)/b13-8-. The van der Waals surface area contributed by atoms with Crippen molar-refractivity contribution in [2.45, 2.75) is 0 Å². The number of aromatic carboxylic acids is 1. The fourth-order valence-electron chi connectivity index (χ4n) is 1.98. The summed E-state index contributed by atoms with van der Waals surface area (Å²) >= 11 is 0. The number of fused-ring (bicyclic) bond motifs is 1. The summed E-state index contributed by atoms with van der Waals surface area (Å²) in [6.07, 6.45) is 1.55. The van der Waals surface area contributed by atoms with E-state index in [9.17, 15) is 9.59 Å². The summed E-state index contributed by atoms with van der Waals surface area (Å²) in [5, 5.41) is 8.90. The van der Waals surface area contributed by atoms with Crippen molar-refractivity contribution in [3.63, 3.8) is 0 Å². The van der Waals surface area contributed by atoms with Crippen LogP contribution < -0.4 is 0 Å². The molecule has 2 aromatic rings. The molecule has 98 valence electrons. The quantitative estimate of drug-likeness (QED) is 0.846. The lowest BCUT2D eigenvalue weighted by Crippen LogP contribution is -2.00. The Kier molecular flexibility index (Phi) is 2.80. The summed E-state index contributed by atoms with van der Waals surface area (Å²) in [4.78, 5) is 26.5. The van der Waals surface area contributed by atoms with Crippen LogP contribution in [0.3, 0.4) is 0 Å². The predicted molar refractivity (Wildman–Crippen MR) is 70.9 cm³/mol. The molecule has 0 aliphatic carbocycles. The number of hydrogen-bond donors (Lipinski definition) is 1. The van der Waals surface area contributed by atoms with Crippen LogP contribution in [0.1, 0.15) is 32.1 Å². The fourth-order valence-corrected chi connectivity index (χ4v) is 1.98. The van der Waals surface area contributed by atoms with E-state index in [4.69, 9.17) is 9.84 Å². The molecule has 3 rings (SSSR count). The van der Waals surface area contributed by atoms with Crippen LogP contribution in [0.2, 0.25) is 0 Å². The molecule has 5 heteroatoms. The second-order valence-electron chi connectivity index (χ2n) is 4.20. The number of carboxylic acids is 1. The van der Waals surface area contributed by atoms with Crippen LogP contribution in [0, 0.1) is 0 Å². The molecular formula is C15H9NO4. The number of carboxylic acid groups (broad SMARTS) is 1. The molecule has 2 heterocycles. The Balaban J connectivity index is 2.04. The third-order valence-corrected chi connectivity index (χ3v) is 2.88. The average molecular weight is 267 g/mol. The summed E-state index contributed by atoms with van der Waals surface area (Å²) in [6.45, 7) is 0. The second-order valence-corrected chi connectivity index (χ2v) is 4.20. The van der Waals surface area contributed by atoms with Crippen molar-refractivity contribution < 1.29 is 19.4 Å². The van der Waals surface area contributed by atoms with E-state index >= 15 is 0 Å². The van der Waals surface area contributed by atoms with Crippen molar-refractivity contribution >= 4 is 23.8 Å². The molecule has 0 amide bonds. The smallest absolute Gasteiger partial charge is 0.354 e. The van der Waals surface area contributed by atoms with Crippen LogP contribution in [0.25, 0.3) is 11.8 Å². The number of ether oxygens (including phenoxy) is 1. The minimum atomic E-state index is -1.10. The van der Waals surface area contributed by atoms with Gasteiger partial charge in [-0.05, 0) is 18.2 Å². The van der Waals surface area contributed by atoms with Crippen molar-refractivity contribution in [1.29, 1.82) is 0 Å². The third-order valence-electron chi connectivity index (χ3n) is 2.88. The van der Waals surface area contributed by atoms with Gasteiger partial charge in [-0.15, -0.1) is 0 Å². The van der Waals surface area contributed by atoms with Gasteiger partial charge in [0.1, 0.15) is 11.5 Å². The molecule has 1 aliphatic rings. The lowest BCUT2D eigenvalue weighted by atomic mass is 10.1. The third kappa shape index (κ3) is 2.05. The van der Waals surface area contributed by atoms with E-state index in [2.05, 4.69) is 4.98 Å². The Morgan fingerprint density at radius 1 is 1.10 bits per heavy atom. The predicted octanol–water partition coefficient (Wildman–Crippen LogP) is 2.45. The number of aromatic nitrogens is 1. The van der Waals surface area contributed by atoms with Gasteiger partial charge < -0.3 is 9.84 Å². The number of nitrogens with zero attached hydrogens (tertiary/aromatic N) is 1. The summed E-state index contributed by atoms with van der Waals surface area (Å²) in [5.74, 6) is -1.14. The highest BCUT2D eigenvalue weighted by molar-refractivity contribution is 6.05. The molecule has 20 heavy (non-hydrogen) atoms. The molecule has 0 unspecified atom stereocenters. The molecule has 1 N–H and O–H groups in total. The van der Waals surface area contributed by atoms with Crippen molar-refractivity contribution in [3.05, 3.63) is 65.0 Å². The molecule has 0 fully saturated rings. The normalized spacial score (nSPS) is 15.0. The zero-order chi connectivity index (χ0) is 14.1. The summed E-state index contributed by atoms with van der Waals surface area (Å²) < 4.78 is 5.17. The van der Waals surface area contributed by atoms with E-state index in [0.717, 1.165) is 0 Å². The van der Waals surface area contributed by atoms with Crippen molar-refractivity contribution in [1.82, 2.24) is 4.98 Å². The van der Waals surface area contributed by atoms with Crippen LogP contribution >= 0.6 is 0 Å². The number of rotatable bonds is 2. The summed E-state index contributed by atoms with van der Waals surface area (Å²) in [5.41, 5.74) is 1.54. The molecule has 0 saturated carbocycles. The zero-order valence-electron chi connectivity index (χ0n) is 10.2. The second kappa shape index (κ2) is 4.62. The first-order valence-corrected chi connectivity index (χ1v) is 5.89. The molecule has 0 bridgehead atoms. The van der Waals surface area contributed by atoms with Gasteiger partial charge in [0.05, 0.1) is 11.3 Å².